The van der Waals surface area contributed by atoms with Crippen molar-refractivity contribution in [2.75, 3.05) is 31.1 Å². The fourth-order valence-electron chi connectivity index (χ4n) is 2.98. The van der Waals surface area contributed by atoms with E-state index in [9.17, 15) is 4.79 Å². The van der Waals surface area contributed by atoms with Gasteiger partial charge >= 0.3 is 0 Å². The second kappa shape index (κ2) is 6.14. The minimum Gasteiger partial charge on any atom is -0.341 e. The van der Waals surface area contributed by atoms with Gasteiger partial charge in [0.05, 0.1) is 5.39 Å². The van der Waals surface area contributed by atoms with Crippen LogP contribution in [-0.4, -0.2) is 36.1 Å². The molecule has 1 aromatic carbocycles. The predicted molar refractivity (Wildman–Crippen MR) is 95.4 cm³/mol. The Labute approximate surface area is 138 Å². The maximum absolute atomic E-state index is 12.7. The lowest BCUT2D eigenvalue weighted by Crippen LogP contribution is -2.31. The van der Waals surface area contributed by atoms with Gasteiger partial charge in [-0.2, -0.15) is 0 Å². The number of H-pyrrole nitrogens is 1. The Kier molecular flexibility index (Phi) is 3.85. The summed E-state index contributed by atoms with van der Waals surface area (Å²) in [5.74, 6) is 0.688. The number of rotatable bonds is 2. The molecule has 0 bridgehead atoms. The molecule has 1 aliphatic rings. The molecular formula is C17H18N4OS. The minimum atomic E-state index is -0.0534. The van der Waals surface area contributed by atoms with Gasteiger partial charge in [0, 0.05) is 30.6 Å². The summed E-state index contributed by atoms with van der Waals surface area (Å²) >= 11 is 1.53. The Morgan fingerprint density at radius 2 is 2.00 bits per heavy atom. The normalized spacial score (nSPS) is 15.7. The molecule has 0 atom stereocenters. The van der Waals surface area contributed by atoms with Crippen molar-refractivity contribution >= 4 is 27.5 Å². The van der Waals surface area contributed by atoms with E-state index < -0.39 is 0 Å². The maximum Gasteiger partial charge on any atom is 0.261 e. The van der Waals surface area contributed by atoms with Crippen molar-refractivity contribution in [3.63, 3.8) is 0 Å². The third kappa shape index (κ3) is 2.75. The summed E-state index contributed by atoms with van der Waals surface area (Å²) < 4.78 is 0. The second-order valence-corrected chi connectivity index (χ2v) is 6.53. The molecule has 0 unspecified atom stereocenters. The average Bonchev–Trinajstić information content (AvgIpc) is 2.83. The second-order valence-electron chi connectivity index (χ2n) is 5.68. The van der Waals surface area contributed by atoms with Crippen molar-refractivity contribution in [1.82, 2.24) is 15.3 Å². The highest BCUT2D eigenvalue weighted by atomic mass is 32.1. The molecule has 23 heavy (non-hydrogen) atoms. The van der Waals surface area contributed by atoms with Crippen LogP contribution >= 0.6 is 11.3 Å². The maximum atomic E-state index is 12.7. The zero-order valence-corrected chi connectivity index (χ0v) is 13.5. The van der Waals surface area contributed by atoms with Gasteiger partial charge in [-0.25, -0.2) is 4.98 Å². The van der Waals surface area contributed by atoms with Gasteiger partial charge in [0.1, 0.15) is 4.83 Å². The monoisotopic (exact) mass is 326 g/mol. The van der Waals surface area contributed by atoms with Gasteiger partial charge in [0.15, 0.2) is 0 Å². The first-order chi connectivity index (χ1) is 11.3. The Bertz CT molecular complexity index is 863. The van der Waals surface area contributed by atoms with Crippen molar-refractivity contribution in [3.05, 3.63) is 46.1 Å². The molecule has 0 saturated carbocycles. The molecular weight excluding hydrogens is 308 g/mol. The number of hydrogen-bond donors (Lipinski definition) is 2. The minimum absolute atomic E-state index is 0.0534. The Hall–Kier alpha value is -2.18. The molecule has 0 amide bonds. The number of benzene rings is 1. The van der Waals surface area contributed by atoms with Gasteiger partial charge in [0.25, 0.3) is 5.56 Å². The molecule has 0 aliphatic carbocycles. The van der Waals surface area contributed by atoms with E-state index in [1.807, 2.05) is 35.7 Å². The number of fused-ring (bicyclic) bond motifs is 1. The summed E-state index contributed by atoms with van der Waals surface area (Å²) in [4.78, 5) is 23.3. The summed E-state index contributed by atoms with van der Waals surface area (Å²) in [6, 6.07) is 9.99. The number of nitrogens with one attached hydrogen (secondary N) is 2. The van der Waals surface area contributed by atoms with E-state index in [0.29, 0.717) is 11.3 Å². The molecule has 2 N–H and O–H groups in total. The molecule has 4 rings (SSSR count). The topological polar surface area (TPSA) is 61.0 Å². The van der Waals surface area contributed by atoms with Crippen LogP contribution in [0.15, 0.2) is 40.5 Å². The van der Waals surface area contributed by atoms with E-state index in [-0.39, 0.29) is 5.56 Å². The highest BCUT2D eigenvalue weighted by molar-refractivity contribution is 7.17. The van der Waals surface area contributed by atoms with Crippen molar-refractivity contribution in [2.45, 2.75) is 6.42 Å². The van der Waals surface area contributed by atoms with Crippen LogP contribution in [0.1, 0.15) is 6.42 Å². The molecule has 118 valence electrons. The smallest absolute Gasteiger partial charge is 0.261 e. The zero-order chi connectivity index (χ0) is 15.6. The average molecular weight is 326 g/mol. The molecule has 3 heterocycles. The van der Waals surface area contributed by atoms with E-state index in [1.54, 1.807) is 0 Å². The summed E-state index contributed by atoms with van der Waals surface area (Å²) in [5.41, 5.74) is 1.96. The lowest BCUT2D eigenvalue weighted by Gasteiger charge is -2.20. The number of nitrogens with zero attached hydrogens (tertiary/aromatic N) is 2. The summed E-state index contributed by atoms with van der Waals surface area (Å²) in [7, 11) is 0. The Balaban J connectivity index is 1.79. The highest BCUT2D eigenvalue weighted by Gasteiger charge is 2.16. The van der Waals surface area contributed by atoms with E-state index >= 15 is 0 Å². The molecule has 5 nitrogen and oxygen atoms in total. The number of hydrogen-bond acceptors (Lipinski definition) is 5. The molecule has 3 aromatic rings. The van der Waals surface area contributed by atoms with Gasteiger partial charge in [-0.05, 0) is 18.5 Å². The van der Waals surface area contributed by atoms with Gasteiger partial charge in [-0.15, -0.1) is 11.3 Å². The van der Waals surface area contributed by atoms with Crippen molar-refractivity contribution in [2.24, 2.45) is 0 Å². The van der Waals surface area contributed by atoms with Gasteiger partial charge in [0.2, 0.25) is 5.95 Å². The Morgan fingerprint density at radius 3 is 2.87 bits per heavy atom. The summed E-state index contributed by atoms with van der Waals surface area (Å²) in [5, 5.41) is 6.08. The van der Waals surface area contributed by atoms with Gasteiger partial charge in [-0.3, -0.25) is 9.78 Å². The lowest BCUT2D eigenvalue weighted by molar-refractivity contribution is 0.724. The van der Waals surface area contributed by atoms with E-state index in [2.05, 4.69) is 15.2 Å². The van der Waals surface area contributed by atoms with Crippen molar-refractivity contribution in [1.29, 1.82) is 0 Å². The third-order valence-electron chi connectivity index (χ3n) is 4.16. The van der Waals surface area contributed by atoms with E-state index in [1.165, 1.54) is 11.3 Å². The van der Waals surface area contributed by atoms with Gasteiger partial charge < -0.3 is 10.2 Å². The number of aromatic nitrogens is 2. The van der Waals surface area contributed by atoms with Crippen LogP contribution in [0.2, 0.25) is 0 Å². The first kappa shape index (κ1) is 14.4. The van der Waals surface area contributed by atoms with Crippen LogP contribution in [0, 0.1) is 0 Å². The van der Waals surface area contributed by atoms with Crippen LogP contribution in [0.3, 0.4) is 0 Å². The molecule has 1 saturated heterocycles. The summed E-state index contributed by atoms with van der Waals surface area (Å²) in [6.45, 7) is 3.71. The lowest BCUT2D eigenvalue weighted by atomic mass is 10.1. The van der Waals surface area contributed by atoms with Crippen LogP contribution < -0.4 is 15.8 Å². The molecule has 6 heteroatoms. The fourth-order valence-corrected chi connectivity index (χ4v) is 3.92. The fraction of sp³-hybridized carbons (Fsp3) is 0.294. The number of thiophene rings is 1. The highest BCUT2D eigenvalue weighted by Crippen LogP contribution is 2.31. The first-order valence-corrected chi connectivity index (χ1v) is 8.73. The molecule has 0 radical (unpaired) electrons. The van der Waals surface area contributed by atoms with Crippen molar-refractivity contribution in [3.8, 4) is 11.1 Å². The largest absolute Gasteiger partial charge is 0.341 e. The van der Waals surface area contributed by atoms with E-state index in [0.717, 1.165) is 48.6 Å². The molecule has 2 aromatic heterocycles. The molecule has 1 fully saturated rings. The first-order valence-electron chi connectivity index (χ1n) is 7.85. The SMILES string of the molecule is O=c1[nH]c(N2CCCNCC2)nc2scc(-c3ccccc3)c12. The third-order valence-corrected chi connectivity index (χ3v) is 5.03. The number of aromatic amines is 1. The van der Waals surface area contributed by atoms with Gasteiger partial charge in [-0.1, -0.05) is 30.3 Å². The molecule has 1 aliphatic heterocycles. The quantitative estimate of drug-likeness (QED) is 0.759. The van der Waals surface area contributed by atoms with E-state index in [4.69, 9.17) is 4.98 Å². The summed E-state index contributed by atoms with van der Waals surface area (Å²) in [6.07, 6.45) is 1.06. The van der Waals surface area contributed by atoms with Crippen LogP contribution in [0.5, 0.6) is 0 Å². The van der Waals surface area contributed by atoms with Crippen LogP contribution in [-0.2, 0) is 0 Å². The predicted octanol–water partition coefficient (Wildman–Crippen LogP) is 2.45. The Morgan fingerprint density at radius 1 is 1.13 bits per heavy atom. The van der Waals surface area contributed by atoms with Crippen LogP contribution in [0.4, 0.5) is 5.95 Å². The standard InChI is InChI=1S/C17H18N4OS/c22-15-14-13(12-5-2-1-3-6-12)11-23-16(14)20-17(19-15)21-9-4-7-18-8-10-21/h1-3,5-6,11,18H,4,7-10H2,(H,19,20,22). The van der Waals surface area contributed by atoms with Crippen LogP contribution in [0.25, 0.3) is 21.3 Å². The van der Waals surface area contributed by atoms with Crippen molar-refractivity contribution < 1.29 is 0 Å². The molecule has 0 spiro atoms. The zero-order valence-electron chi connectivity index (χ0n) is 12.7. The number of anilines is 1.